The number of ether oxygens (including phenoxy) is 2. The molecule has 5 heteroatoms. The monoisotopic (exact) mass is 671 g/mol. The van der Waals surface area contributed by atoms with Gasteiger partial charge in [-0.05, 0) is 57.8 Å². The van der Waals surface area contributed by atoms with Gasteiger partial charge in [0.05, 0.1) is 6.61 Å². The molecule has 0 heterocycles. The Bertz CT molecular complexity index is 853. The topological polar surface area (TPSA) is 72.8 Å². The third kappa shape index (κ3) is 36.4. The first-order valence-electron chi connectivity index (χ1n) is 19.8. The molecule has 0 saturated heterocycles. The Labute approximate surface area is 296 Å². The van der Waals surface area contributed by atoms with Crippen LogP contribution in [0.15, 0.2) is 60.8 Å². The number of hydrogen-bond donors (Lipinski definition) is 1. The van der Waals surface area contributed by atoms with Gasteiger partial charge in [0.1, 0.15) is 6.61 Å². The van der Waals surface area contributed by atoms with Crippen molar-refractivity contribution in [3.8, 4) is 0 Å². The van der Waals surface area contributed by atoms with Gasteiger partial charge in [0.2, 0.25) is 0 Å². The molecular formula is C43H74O5. The summed E-state index contributed by atoms with van der Waals surface area (Å²) >= 11 is 0. The summed E-state index contributed by atoms with van der Waals surface area (Å²) in [6.45, 7) is 4.00. The highest BCUT2D eigenvalue weighted by atomic mass is 16.6. The Morgan fingerprint density at radius 1 is 0.500 bits per heavy atom. The van der Waals surface area contributed by atoms with Crippen molar-refractivity contribution >= 4 is 11.9 Å². The van der Waals surface area contributed by atoms with Crippen LogP contribution in [-0.4, -0.2) is 36.4 Å². The number of aliphatic hydroxyl groups is 1. The highest BCUT2D eigenvalue weighted by molar-refractivity contribution is 5.70. The van der Waals surface area contributed by atoms with Gasteiger partial charge in [-0.15, -0.1) is 0 Å². The number of aliphatic hydroxyl groups excluding tert-OH is 1. The number of hydrogen-bond acceptors (Lipinski definition) is 5. The summed E-state index contributed by atoms with van der Waals surface area (Å²) in [7, 11) is 0. The molecule has 0 aromatic carbocycles. The van der Waals surface area contributed by atoms with Crippen molar-refractivity contribution in [1.82, 2.24) is 0 Å². The van der Waals surface area contributed by atoms with Gasteiger partial charge < -0.3 is 14.6 Å². The number of unbranched alkanes of at least 4 members (excludes halogenated alkanes) is 17. The van der Waals surface area contributed by atoms with Crippen molar-refractivity contribution in [3.05, 3.63) is 60.8 Å². The molecule has 48 heavy (non-hydrogen) atoms. The summed E-state index contributed by atoms with van der Waals surface area (Å²) in [5.41, 5.74) is 0. The molecule has 0 aliphatic heterocycles. The Kier molecular flexibility index (Phi) is 37.1. The van der Waals surface area contributed by atoms with Gasteiger partial charge in [0, 0.05) is 12.8 Å². The zero-order valence-electron chi connectivity index (χ0n) is 31.2. The fourth-order valence-corrected chi connectivity index (χ4v) is 5.34. The molecule has 1 unspecified atom stereocenters. The lowest BCUT2D eigenvalue weighted by molar-refractivity contribution is -0.161. The first-order valence-corrected chi connectivity index (χ1v) is 19.8. The number of carbonyl (C=O) groups excluding carboxylic acids is 2. The minimum Gasteiger partial charge on any atom is -0.462 e. The maximum Gasteiger partial charge on any atom is 0.306 e. The van der Waals surface area contributed by atoms with Gasteiger partial charge in [-0.25, -0.2) is 0 Å². The van der Waals surface area contributed by atoms with E-state index in [2.05, 4.69) is 74.6 Å². The molecule has 0 aromatic rings. The van der Waals surface area contributed by atoms with E-state index < -0.39 is 6.10 Å². The summed E-state index contributed by atoms with van der Waals surface area (Å²) in [5.74, 6) is -0.613. The Balaban J connectivity index is 3.62. The van der Waals surface area contributed by atoms with E-state index in [1.807, 2.05) is 0 Å². The summed E-state index contributed by atoms with van der Waals surface area (Å²) in [4.78, 5) is 24.2. The lowest BCUT2D eigenvalue weighted by Gasteiger charge is -2.15. The molecule has 276 valence electrons. The summed E-state index contributed by atoms with van der Waals surface area (Å²) in [6.07, 6.45) is 49.9. The van der Waals surface area contributed by atoms with Crippen LogP contribution in [0, 0.1) is 0 Å². The third-order valence-electron chi connectivity index (χ3n) is 8.33. The maximum absolute atomic E-state index is 12.2. The summed E-state index contributed by atoms with van der Waals surface area (Å²) in [6, 6.07) is 0. The lowest BCUT2D eigenvalue weighted by Crippen LogP contribution is -2.28. The molecule has 0 bridgehead atoms. The number of rotatable bonds is 35. The van der Waals surface area contributed by atoms with Crippen LogP contribution in [0.3, 0.4) is 0 Å². The fraction of sp³-hybridized carbons (Fsp3) is 0.721. The van der Waals surface area contributed by atoms with E-state index in [4.69, 9.17) is 9.47 Å². The molecule has 0 spiro atoms. The van der Waals surface area contributed by atoms with Gasteiger partial charge in [0.25, 0.3) is 0 Å². The molecule has 0 aliphatic rings. The number of allylic oxidation sites excluding steroid dienone is 10. The van der Waals surface area contributed by atoms with E-state index in [1.165, 1.54) is 64.2 Å². The van der Waals surface area contributed by atoms with E-state index in [9.17, 15) is 14.7 Å². The predicted molar refractivity (Wildman–Crippen MR) is 205 cm³/mol. The molecule has 0 saturated carbocycles. The van der Waals surface area contributed by atoms with Crippen molar-refractivity contribution < 1.29 is 24.2 Å². The fourth-order valence-electron chi connectivity index (χ4n) is 5.34. The summed E-state index contributed by atoms with van der Waals surface area (Å²) in [5, 5.41) is 9.55. The minimum absolute atomic E-state index is 0.0741. The van der Waals surface area contributed by atoms with Crippen LogP contribution in [0.5, 0.6) is 0 Å². The Morgan fingerprint density at radius 3 is 1.35 bits per heavy atom. The zero-order valence-corrected chi connectivity index (χ0v) is 31.2. The van der Waals surface area contributed by atoms with E-state index in [-0.39, 0.29) is 25.2 Å². The molecule has 0 amide bonds. The molecule has 0 fully saturated rings. The molecule has 5 nitrogen and oxygen atoms in total. The first-order chi connectivity index (χ1) is 23.6. The standard InChI is InChI=1S/C43H74O5/c1-3-5-7-9-11-13-15-17-18-19-20-21-22-23-24-26-28-30-32-34-36-38-43(46)48-41(39-44)40-47-42(45)37-35-33-31-29-27-25-16-14-12-10-8-6-4-2/h5,7,11,13,17-18,20-21,23-24,41,44H,3-4,6,8-10,12,14-16,19,22,25-40H2,1-2H3/b7-5-,13-11-,18-17-,21-20-,24-23-. The average Bonchev–Trinajstić information content (AvgIpc) is 3.09. The van der Waals surface area contributed by atoms with Crippen LogP contribution in [0.2, 0.25) is 0 Å². The van der Waals surface area contributed by atoms with E-state index in [0.29, 0.717) is 12.8 Å². The number of esters is 2. The number of carbonyl (C=O) groups is 2. The Morgan fingerprint density at radius 2 is 0.896 bits per heavy atom. The highest BCUT2D eigenvalue weighted by Crippen LogP contribution is 2.14. The molecule has 0 radical (unpaired) electrons. The van der Waals surface area contributed by atoms with Crippen molar-refractivity contribution in [2.75, 3.05) is 13.2 Å². The van der Waals surface area contributed by atoms with Crippen LogP contribution in [0.25, 0.3) is 0 Å². The zero-order chi connectivity index (χ0) is 35.0. The molecule has 1 atom stereocenters. The van der Waals surface area contributed by atoms with Crippen LogP contribution < -0.4 is 0 Å². The van der Waals surface area contributed by atoms with Gasteiger partial charge in [-0.1, -0.05) is 171 Å². The summed E-state index contributed by atoms with van der Waals surface area (Å²) < 4.78 is 10.6. The second-order valence-electron chi connectivity index (χ2n) is 13.0. The van der Waals surface area contributed by atoms with Crippen LogP contribution in [-0.2, 0) is 19.1 Å². The van der Waals surface area contributed by atoms with Gasteiger partial charge in [-0.2, -0.15) is 0 Å². The van der Waals surface area contributed by atoms with Crippen molar-refractivity contribution in [3.63, 3.8) is 0 Å². The predicted octanol–water partition coefficient (Wildman–Crippen LogP) is 12.4. The normalized spacial score (nSPS) is 12.8. The van der Waals surface area contributed by atoms with Gasteiger partial charge >= 0.3 is 11.9 Å². The van der Waals surface area contributed by atoms with Crippen molar-refractivity contribution in [1.29, 1.82) is 0 Å². The van der Waals surface area contributed by atoms with E-state index >= 15 is 0 Å². The molecule has 1 N–H and O–H groups in total. The van der Waals surface area contributed by atoms with Crippen LogP contribution in [0.4, 0.5) is 0 Å². The smallest absolute Gasteiger partial charge is 0.306 e. The molecular weight excluding hydrogens is 596 g/mol. The Hall–Kier alpha value is -2.40. The van der Waals surface area contributed by atoms with Crippen LogP contribution >= 0.6 is 0 Å². The van der Waals surface area contributed by atoms with Crippen molar-refractivity contribution in [2.24, 2.45) is 0 Å². The first kappa shape index (κ1) is 45.6. The SMILES string of the molecule is CC/C=C\C/C=C\C/C=C\C/C=C\C/C=C\CCCCCCCC(=O)OC(CO)COC(=O)CCCCCCCCCCCCCCC. The third-order valence-corrected chi connectivity index (χ3v) is 8.33. The lowest BCUT2D eigenvalue weighted by atomic mass is 10.0. The largest absolute Gasteiger partial charge is 0.462 e. The average molecular weight is 671 g/mol. The molecule has 0 aromatic heterocycles. The van der Waals surface area contributed by atoms with Gasteiger partial charge in [0.15, 0.2) is 6.10 Å². The van der Waals surface area contributed by atoms with E-state index in [1.54, 1.807) is 0 Å². The van der Waals surface area contributed by atoms with E-state index in [0.717, 1.165) is 89.9 Å². The highest BCUT2D eigenvalue weighted by Gasteiger charge is 2.16. The second-order valence-corrected chi connectivity index (χ2v) is 13.0. The second kappa shape index (κ2) is 39.0. The minimum atomic E-state index is -0.781. The maximum atomic E-state index is 12.2. The quantitative estimate of drug-likeness (QED) is 0.0413. The molecule has 0 rings (SSSR count). The van der Waals surface area contributed by atoms with Crippen LogP contribution in [0.1, 0.15) is 181 Å². The molecule has 0 aliphatic carbocycles. The van der Waals surface area contributed by atoms with Crippen molar-refractivity contribution in [2.45, 2.75) is 187 Å². The van der Waals surface area contributed by atoms with Gasteiger partial charge in [-0.3, -0.25) is 9.59 Å².